The van der Waals surface area contributed by atoms with E-state index in [1.165, 1.54) is 19.5 Å². The molecule has 0 radical (unpaired) electrons. The molecule has 1 atom stereocenters. The second-order valence-electron chi connectivity index (χ2n) is 2.73. The van der Waals surface area contributed by atoms with Gasteiger partial charge in [0.15, 0.2) is 0 Å². The van der Waals surface area contributed by atoms with Crippen LogP contribution in [0.15, 0.2) is 0 Å². The highest BCUT2D eigenvalue weighted by atomic mass is 35.5. The van der Waals surface area contributed by atoms with Crippen LogP contribution < -0.4 is 0 Å². The Morgan fingerprint density at radius 2 is 2.00 bits per heavy atom. The predicted octanol–water partition coefficient (Wildman–Crippen LogP) is 3.58. The second-order valence-corrected chi connectivity index (χ2v) is 5.09. The lowest BCUT2D eigenvalue weighted by Gasteiger charge is -2.08. The number of hydrogen-bond acceptors (Lipinski definition) is 3. The molecule has 0 aromatic heterocycles. The molecule has 0 saturated carbocycles. The zero-order chi connectivity index (χ0) is 9.45. The van der Waals surface area contributed by atoms with Crippen molar-refractivity contribution in [3.8, 4) is 0 Å². The van der Waals surface area contributed by atoms with Crippen LogP contribution in [0, 0.1) is 0 Å². The summed E-state index contributed by atoms with van der Waals surface area (Å²) in [5.74, 6) is 0. The molecule has 0 heterocycles. The number of rotatable bonds is 7. The first-order chi connectivity index (χ1) is 5.62. The summed E-state index contributed by atoms with van der Waals surface area (Å²) in [5, 5.41) is 0. The zero-order valence-corrected chi connectivity index (χ0v) is 9.24. The van der Waals surface area contributed by atoms with Gasteiger partial charge in [-0.1, -0.05) is 26.2 Å². The first kappa shape index (κ1) is 12.4. The van der Waals surface area contributed by atoms with Gasteiger partial charge in [-0.05, 0) is 6.42 Å². The molecular formula is C7H16ClO3P. The average molecular weight is 215 g/mol. The third kappa shape index (κ3) is 7.11. The molecule has 0 aromatic carbocycles. The molecule has 0 aliphatic rings. The van der Waals surface area contributed by atoms with E-state index in [0.29, 0.717) is 6.61 Å². The highest BCUT2D eigenvalue weighted by molar-refractivity contribution is 7.53. The third-order valence-corrected chi connectivity index (χ3v) is 3.10. The lowest BCUT2D eigenvalue weighted by molar-refractivity contribution is 0.267. The lowest BCUT2D eigenvalue weighted by Crippen LogP contribution is -1.92. The first-order valence-electron chi connectivity index (χ1n) is 4.15. The molecule has 74 valence electrons. The Hall–Kier alpha value is 0.440. The number of halogens is 1. The standard InChI is InChI=1S/C7H16ClO3P/c1-3-4-5-6-7-10-12(2,9)11-8/h3-7H2,1-2H3. The van der Waals surface area contributed by atoms with Crippen molar-refractivity contribution < 1.29 is 13.2 Å². The van der Waals surface area contributed by atoms with Gasteiger partial charge in [0.25, 0.3) is 0 Å². The topological polar surface area (TPSA) is 35.5 Å². The highest BCUT2D eigenvalue weighted by Gasteiger charge is 2.14. The van der Waals surface area contributed by atoms with Crippen molar-refractivity contribution >= 4 is 19.5 Å². The van der Waals surface area contributed by atoms with Gasteiger partial charge in [-0.25, -0.2) is 0 Å². The minimum atomic E-state index is -2.96. The van der Waals surface area contributed by atoms with Gasteiger partial charge in [-0.2, -0.15) is 4.08 Å². The summed E-state index contributed by atoms with van der Waals surface area (Å²) in [6.07, 6.45) is 4.36. The summed E-state index contributed by atoms with van der Waals surface area (Å²) in [7, 11) is -2.96. The molecule has 0 amide bonds. The van der Waals surface area contributed by atoms with Crippen molar-refractivity contribution in [2.75, 3.05) is 13.3 Å². The minimum absolute atomic E-state index is 0.459. The van der Waals surface area contributed by atoms with E-state index in [4.69, 9.17) is 16.4 Å². The van der Waals surface area contributed by atoms with Crippen molar-refractivity contribution in [1.82, 2.24) is 0 Å². The van der Waals surface area contributed by atoms with Crippen LogP contribution in [0.25, 0.3) is 0 Å². The fraction of sp³-hybridized carbons (Fsp3) is 1.00. The van der Waals surface area contributed by atoms with E-state index in [1.807, 2.05) is 0 Å². The maximum absolute atomic E-state index is 11.0. The summed E-state index contributed by atoms with van der Waals surface area (Å²) in [6, 6.07) is 0. The molecule has 0 aromatic rings. The largest absolute Gasteiger partial charge is 0.343 e. The lowest BCUT2D eigenvalue weighted by atomic mass is 10.2. The van der Waals surface area contributed by atoms with E-state index in [9.17, 15) is 4.57 Å². The Labute approximate surface area is 79.1 Å². The van der Waals surface area contributed by atoms with Crippen molar-refractivity contribution in [1.29, 1.82) is 0 Å². The molecule has 0 bridgehead atoms. The van der Waals surface area contributed by atoms with Gasteiger partial charge in [0.1, 0.15) is 0 Å². The Bertz CT molecular complexity index is 152. The fourth-order valence-electron chi connectivity index (χ4n) is 0.779. The minimum Gasteiger partial charge on any atom is -0.308 e. The van der Waals surface area contributed by atoms with Gasteiger partial charge in [-0.3, -0.25) is 4.57 Å². The van der Waals surface area contributed by atoms with Crippen molar-refractivity contribution in [3.05, 3.63) is 0 Å². The molecule has 5 heteroatoms. The van der Waals surface area contributed by atoms with E-state index < -0.39 is 7.60 Å². The molecule has 3 nitrogen and oxygen atoms in total. The normalized spacial score (nSPS) is 15.9. The first-order valence-corrected chi connectivity index (χ1v) is 6.44. The fourth-order valence-corrected chi connectivity index (χ4v) is 1.40. The maximum Gasteiger partial charge on any atom is 0.343 e. The molecule has 0 spiro atoms. The molecule has 0 aliphatic carbocycles. The Balaban J connectivity index is 3.25. The van der Waals surface area contributed by atoms with Crippen LogP contribution in [-0.2, 0) is 13.2 Å². The van der Waals surface area contributed by atoms with Crippen LogP contribution in [0.2, 0.25) is 0 Å². The average Bonchev–Trinajstić information content (AvgIpc) is 2.04. The van der Waals surface area contributed by atoms with Crippen LogP contribution in [0.3, 0.4) is 0 Å². The van der Waals surface area contributed by atoms with E-state index >= 15 is 0 Å². The van der Waals surface area contributed by atoms with Crippen molar-refractivity contribution in [3.63, 3.8) is 0 Å². The predicted molar refractivity (Wildman–Crippen MR) is 50.6 cm³/mol. The molecule has 0 rings (SSSR count). The van der Waals surface area contributed by atoms with Crippen molar-refractivity contribution in [2.24, 2.45) is 0 Å². The van der Waals surface area contributed by atoms with Gasteiger partial charge in [-0.15, -0.1) is 0 Å². The van der Waals surface area contributed by atoms with Crippen LogP contribution in [0.5, 0.6) is 0 Å². The van der Waals surface area contributed by atoms with E-state index in [2.05, 4.69) is 11.0 Å². The molecule has 0 aliphatic heterocycles. The molecule has 0 N–H and O–H groups in total. The summed E-state index contributed by atoms with van der Waals surface area (Å²) < 4.78 is 20.1. The monoisotopic (exact) mass is 214 g/mol. The maximum atomic E-state index is 11.0. The smallest absolute Gasteiger partial charge is 0.308 e. The van der Waals surface area contributed by atoms with Gasteiger partial charge in [0.05, 0.1) is 18.5 Å². The summed E-state index contributed by atoms with van der Waals surface area (Å²) in [4.78, 5) is 0. The van der Waals surface area contributed by atoms with Crippen LogP contribution >= 0.6 is 19.5 Å². The van der Waals surface area contributed by atoms with Crippen LogP contribution in [0.1, 0.15) is 32.6 Å². The second kappa shape index (κ2) is 6.90. The molecule has 1 unspecified atom stereocenters. The SMILES string of the molecule is CCCCCCOP(C)(=O)OCl. The van der Waals surface area contributed by atoms with Crippen LogP contribution in [-0.4, -0.2) is 13.3 Å². The Morgan fingerprint density at radius 3 is 2.50 bits per heavy atom. The van der Waals surface area contributed by atoms with Gasteiger partial charge < -0.3 is 4.52 Å². The number of unbranched alkanes of at least 4 members (excludes halogenated alkanes) is 3. The van der Waals surface area contributed by atoms with Crippen LogP contribution in [0.4, 0.5) is 0 Å². The molecule has 12 heavy (non-hydrogen) atoms. The number of hydrogen-bond donors (Lipinski definition) is 0. The summed E-state index contributed by atoms with van der Waals surface area (Å²) in [6.45, 7) is 3.95. The van der Waals surface area contributed by atoms with Gasteiger partial charge in [0.2, 0.25) is 0 Å². The zero-order valence-electron chi connectivity index (χ0n) is 7.59. The molecule has 0 fully saturated rings. The summed E-state index contributed by atoms with van der Waals surface area (Å²) in [5.41, 5.74) is 0. The highest BCUT2D eigenvalue weighted by Crippen LogP contribution is 2.45. The summed E-state index contributed by atoms with van der Waals surface area (Å²) >= 11 is 4.95. The van der Waals surface area contributed by atoms with E-state index in [1.54, 1.807) is 0 Å². The Morgan fingerprint density at radius 1 is 1.33 bits per heavy atom. The van der Waals surface area contributed by atoms with Gasteiger partial charge >= 0.3 is 7.60 Å². The molecule has 0 saturated heterocycles. The van der Waals surface area contributed by atoms with Gasteiger partial charge in [0, 0.05) is 6.66 Å². The third-order valence-electron chi connectivity index (χ3n) is 1.45. The van der Waals surface area contributed by atoms with Crippen molar-refractivity contribution in [2.45, 2.75) is 32.6 Å². The quantitative estimate of drug-likeness (QED) is 0.480. The Kier molecular flexibility index (Phi) is 7.16. The molecular weight excluding hydrogens is 199 g/mol. The van der Waals surface area contributed by atoms with E-state index in [-0.39, 0.29) is 0 Å². The van der Waals surface area contributed by atoms with E-state index in [0.717, 1.165) is 12.8 Å².